The van der Waals surface area contributed by atoms with Gasteiger partial charge in [0.15, 0.2) is 0 Å². The third-order valence-electron chi connectivity index (χ3n) is 3.68. The minimum Gasteiger partial charge on any atom is -0.392 e. The Morgan fingerprint density at radius 1 is 1.53 bits per heavy atom. The first-order chi connectivity index (χ1) is 7.12. The molecule has 2 aliphatic rings. The van der Waals surface area contributed by atoms with Gasteiger partial charge in [0.1, 0.15) is 0 Å². The van der Waals surface area contributed by atoms with Crippen molar-refractivity contribution in [3.05, 3.63) is 0 Å². The van der Waals surface area contributed by atoms with Crippen LogP contribution >= 0.6 is 12.2 Å². The number of nitrogens with zero attached hydrogens (tertiary/aromatic N) is 1. The Morgan fingerprint density at radius 3 is 2.40 bits per heavy atom. The molecule has 0 aromatic rings. The quantitative estimate of drug-likeness (QED) is 0.738. The average Bonchev–Trinajstić information content (AvgIpc) is 2.86. The molecule has 15 heavy (non-hydrogen) atoms. The van der Waals surface area contributed by atoms with E-state index >= 15 is 0 Å². The highest BCUT2D eigenvalue weighted by molar-refractivity contribution is 7.80. The molecular formula is C11H18N2OS. The van der Waals surface area contributed by atoms with Gasteiger partial charge >= 0.3 is 0 Å². The molecule has 84 valence electrons. The molecule has 0 spiro atoms. The number of carbonyl (C=O) groups excluding carboxylic acids is 1. The van der Waals surface area contributed by atoms with Crippen molar-refractivity contribution >= 4 is 23.1 Å². The van der Waals surface area contributed by atoms with Gasteiger partial charge in [-0.3, -0.25) is 4.79 Å². The normalized spacial score (nSPS) is 23.0. The SMILES string of the molecule is CCN(C(=O)C1(C(N)=S)CCC1)C1CC1. The number of nitrogens with two attached hydrogens (primary N) is 1. The van der Waals surface area contributed by atoms with Crippen LogP contribution in [0.15, 0.2) is 0 Å². The van der Waals surface area contributed by atoms with E-state index < -0.39 is 5.41 Å². The maximum Gasteiger partial charge on any atom is 0.235 e. The van der Waals surface area contributed by atoms with Crippen LogP contribution in [0.2, 0.25) is 0 Å². The summed E-state index contributed by atoms with van der Waals surface area (Å²) >= 11 is 5.06. The highest BCUT2D eigenvalue weighted by atomic mass is 32.1. The predicted octanol–water partition coefficient (Wildman–Crippen LogP) is 1.45. The van der Waals surface area contributed by atoms with E-state index in [4.69, 9.17) is 18.0 Å². The maximum absolute atomic E-state index is 12.4. The van der Waals surface area contributed by atoms with Crippen molar-refractivity contribution in [1.29, 1.82) is 0 Å². The van der Waals surface area contributed by atoms with Gasteiger partial charge in [0.25, 0.3) is 0 Å². The Kier molecular flexibility index (Phi) is 2.71. The van der Waals surface area contributed by atoms with Crippen LogP contribution < -0.4 is 5.73 Å². The van der Waals surface area contributed by atoms with E-state index in [1.807, 2.05) is 11.8 Å². The number of amides is 1. The monoisotopic (exact) mass is 226 g/mol. The smallest absolute Gasteiger partial charge is 0.235 e. The second-order valence-corrected chi connectivity index (χ2v) is 5.06. The first kappa shape index (κ1) is 10.9. The molecule has 3 nitrogen and oxygen atoms in total. The molecule has 0 saturated heterocycles. The lowest BCUT2D eigenvalue weighted by molar-refractivity contribution is -0.142. The van der Waals surface area contributed by atoms with Gasteiger partial charge < -0.3 is 10.6 Å². The number of rotatable bonds is 4. The lowest BCUT2D eigenvalue weighted by atomic mass is 9.67. The number of hydrogen-bond donors (Lipinski definition) is 1. The average molecular weight is 226 g/mol. The minimum absolute atomic E-state index is 0.186. The zero-order chi connectivity index (χ0) is 11.1. The molecule has 0 aromatic carbocycles. The molecular weight excluding hydrogens is 208 g/mol. The zero-order valence-corrected chi connectivity index (χ0v) is 9.98. The largest absolute Gasteiger partial charge is 0.392 e. The van der Waals surface area contributed by atoms with Crippen LogP contribution in [-0.2, 0) is 4.79 Å². The van der Waals surface area contributed by atoms with Gasteiger partial charge in [0.05, 0.1) is 10.4 Å². The van der Waals surface area contributed by atoms with Crippen molar-refractivity contribution in [3.63, 3.8) is 0 Å². The Morgan fingerprint density at radius 2 is 2.13 bits per heavy atom. The molecule has 2 N–H and O–H groups in total. The van der Waals surface area contributed by atoms with Crippen molar-refractivity contribution in [2.45, 2.75) is 45.1 Å². The summed E-state index contributed by atoms with van der Waals surface area (Å²) in [4.78, 5) is 14.7. The van der Waals surface area contributed by atoms with E-state index in [-0.39, 0.29) is 5.91 Å². The van der Waals surface area contributed by atoms with Gasteiger partial charge in [-0.2, -0.15) is 0 Å². The summed E-state index contributed by atoms with van der Waals surface area (Å²) in [5.41, 5.74) is 5.25. The molecule has 0 atom stereocenters. The highest BCUT2D eigenvalue weighted by Gasteiger charge is 2.50. The summed E-state index contributed by atoms with van der Waals surface area (Å²) in [6.07, 6.45) is 5.07. The standard InChI is InChI=1S/C11H18N2OS/c1-2-13(8-4-5-8)10(14)11(9(12)15)6-3-7-11/h8H,2-7H2,1H3,(H2,12,15). The van der Waals surface area contributed by atoms with Crippen molar-refractivity contribution in [2.24, 2.45) is 11.1 Å². The summed E-state index contributed by atoms with van der Waals surface area (Å²) in [7, 11) is 0. The Hall–Kier alpha value is -0.640. The van der Waals surface area contributed by atoms with E-state index in [1.165, 1.54) is 0 Å². The fourth-order valence-corrected chi connectivity index (χ4v) is 2.62. The second-order valence-electron chi connectivity index (χ2n) is 4.62. The molecule has 0 bridgehead atoms. The van der Waals surface area contributed by atoms with Crippen molar-refractivity contribution < 1.29 is 4.79 Å². The molecule has 0 heterocycles. The Bertz CT molecular complexity index is 295. The van der Waals surface area contributed by atoms with Crippen molar-refractivity contribution in [1.82, 2.24) is 4.90 Å². The first-order valence-electron chi connectivity index (χ1n) is 5.73. The van der Waals surface area contributed by atoms with Crippen LogP contribution in [0.3, 0.4) is 0 Å². The van der Waals surface area contributed by atoms with Gasteiger partial charge in [-0.15, -0.1) is 0 Å². The molecule has 2 aliphatic carbocycles. The maximum atomic E-state index is 12.4. The molecule has 2 saturated carbocycles. The van der Waals surface area contributed by atoms with E-state index in [0.29, 0.717) is 11.0 Å². The van der Waals surface area contributed by atoms with Gasteiger partial charge in [0, 0.05) is 12.6 Å². The molecule has 2 rings (SSSR count). The molecule has 1 amide bonds. The second kappa shape index (κ2) is 3.74. The third kappa shape index (κ3) is 1.65. The fourth-order valence-electron chi connectivity index (χ4n) is 2.32. The van der Waals surface area contributed by atoms with Crippen LogP contribution in [0, 0.1) is 5.41 Å². The van der Waals surface area contributed by atoms with Crippen molar-refractivity contribution in [3.8, 4) is 0 Å². The fraction of sp³-hybridized carbons (Fsp3) is 0.818. The summed E-state index contributed by atoms with van der Waals surface area (Å²) in [5, 5.41) is 0. The van der Waals surface area contributed by atoms with Crippen LogP contribution in [-0.4, -0.2) is 28.4 Å². The Balaban J connectivity index is 2.13. The van der Waals surface area contributed by atoms with Crippen LogP contribution in [0.5, 0.6) is 0 Å². The summed E-state index contributed by atoms with van der Waals surface area (Å²) in [6, 6.07) is 0.467. The van der Waals surface area contributed by atoms with E-state index in [1.54, 1.807) is 0 Å². The predicted molar refractivity (Wildman–Crippen MR) is 63.5 cm³/mol. The lowest BCUT2D eigenvalue weighted by Gasteiger charge is -2.42. The van der Waals surface area contributed by atoms with Crippen LogP contribution in [0.4, 0.5) is 0 Å². The van der Waals surface area contributed by atoms with E-state index in [2.05, 4.69) is 0 Å². The molecule has 0 unspecified atom stereocenters. The van der Waals surface area contributed by atoms with E-state index in [9.17, 15) is 4.79 Å². The molecule has 0 radical (unpaired) electrons. The highest BCUT2D eigenvalue weighted by Crippen LogP contribution is 2.44. The number of carbonyl (C=O) groups is 1. The lowest BCUT2D eigenvalue weighted by Crippen LogP contribution is -2.54. The number of thiocarbonyl (C=S) groups is 1. The van der Waals surface area contributed by atoms with Crippen LogP contribution in [0.25, 0.3) is 0 Å². The molecule has 4 heteroatoms. The minimum atomic E-state index is -0.478. The molecule has 0 aromatic heterocycles. The summed E-state index contributed by atoms with van der Waals surface area (Å²) in [6.45, 7) is 2.82. The van der Waals surface area contributed by atoms with E-state index in [0.717, 1.165) is 38.6 Å². The molecule has 2 fully saturated rings. The van der Waals surface area contributed by atoms with Gasteiger partial charge in [-0.25, -0.2) is 0 Å². The number of hydrogen-bond acceptors (Lipinski definition) is 2. The summed E-state index contributed by atoms with van der Waals surface area (Å²) < 4.78 is 0. The van der Waals surface area contributed by atoms with Gasteiger partial charge in [0.2, 0.25) is 5.91 Å². The third-order valence-corrected chi connectivity index (χ3v) is 4.07. The van der Waals surface area contributed by atoms with Gasteiger partial charge in [-0.1, -0.05) is 18.6 Å². The zero-order valence-electron chi connectivity index (χ0n) is 9.16. The topological polar surface area (TPSA) is 46.3 Å². The van der Waals surface area contributed by atoms with Crippen molar-refractivity contribution in [2.75, 3.05) is 6.54 Å². The first-order valence-corrected chi connectivity index (χ1v) is 6.13. The van der Waals surface area contributed by atoms with Crippen LogP contribution in [0.1, 0.15) is 39.0 Å². The molecule has 0 aliphatic heterocycles. The summed E-state index contributed by atoms with van der Waals surface area (Å²) in [5.74, 6) is 0.186. The Labute approximate surface area is 96.0 Å². The van der Waals surface area contributed by atoms with Gasteiger partial charge in [-0.05, 0) is 32.6 Å².